The first-order valence-electron chi connectivity index (χ1n) is 5.26. The van der Waals surface area contributed by atoms with E-state index in [9.17, 15) is 17.6 Å². The van der Waals surface area contributed by atoms with Crippen LogP contribution in [0.5, 0.6) is 0 Å². The highest BCUT2D eigenvalue weighted by molar-refractivity contribution is 9.10. The molecule has 1 rings (SSSR count). The number of amides is 1. The first-order chi connectivity index (χ1) is 8.81. The van der Waals surface area contributed by atoms with E-state index in [0.29, 0.717) is 0 Å². The monoisotopic (exact) mass is 353 g/mol. The molecule has 1 aromatic carbocycles. The van der Waals surface area contributed by atoms with Crippen molar-refractivity contribution in [2.24, 2.45) is 5.84 Å². The Balaban J connectivity index is 3.27. The number of benzene rings is 1. The molecule has 0 saturated carbocycles. The predicted molar refractivity (Wildman–Crippen MR) is 73.2 cm³/mol. The summed E-state index contributed by atoms with van der Waals surface area (Å²) in [4.78, 5) is 11.3. The summed E-state index contributed by atoms with van der Waals surface area (Å²) in [5, 5.41) is 0. The van der Waals surface area contributed by atoms with Gasteiger partial charge in [0.25, 0.3) is 5.91 Å². The summed E-state index contributed by atoms with van der Waals surface area (Å²) in [5.41, 5.74) is 2.03. The number of nitrogens with two attached hydrogens (primary N) is 1. The molecule has 106 valence electrons. The second kappa shape index (κ2) is 6.31. The molecule has 0 heterocycles. The maximum atomic E-state index is 13.0. The number of sulfonamides is 1. The molecule has 0 aliphatic rings. The summed E-state index contributed by atoms with van der Waals surface area (Å²) >= 11 is 3.07. The Bertz CT molecular complexity index is 579. The van der Waals surface area contributed by atoms with Gasteiger partial charge in [-0.2, -0.15) is 0 Å². The highest BCUT2D eigenvalue weighted by Gasteiger charge is 2.25. The molecule has 0 bridgehead atoms. The number of carbonyl (C=O) groups excluding carboxylic acids is 1. The summed E-state index contributed by atoms with van der Waals surface area (Å²) in [6.07, 6.45) is 0. The minimum atomic E-state index is -3.69. The van der Waals surface area contributed by atoms with Gasteiger partial charge < -0.3 is 0 Å². The number of nitrogens with zero attached hydrogens (tertiary/aromatic N) is 1. The van der Waals surface area contributed by atoms with Gasteiger partial charge in [0.2, 0.25) is 10.0 Å². The lowest BCUT2D eigenvalue weighted by Crippen LogP contribution is -2.43. The van der Waals surface area contributed by atoms with Crippen LogP contribution in [0.25, 0.3) is 0 Å². The molecule has 0 fully saturated rings. The number of hydrazine groups is 1. The van der Waals surface area contributed by atoms with E-state index in [1.54, 1.807) is 0 Å². The van der Waals surface area contributed by atoms with Crippen molar-refractivity contribution in [3.05, 3.63) is 28.5 Å². The first-order valence-corrected chi connectivity index (χ1v) is 7.67. The Morgan fingerprint density at radius 1 is 1.53 bits per heavy atom. The molecule has 0 spiro atoms. The fourth-order valence-electron chi connectivity index (χ4n) is 1.35. The van der Waals surface area contributed by atoms with Crippen molar-refractivity contribution in [1.82, 2.24) is 5.43 Å². The van der Waals surface area contributed by atoms with E-state index in [2.05, 4.69) is 15.9 Å². The number of hydrogen-bond donors (Lipinski definition) is 2. The van der Waals surface area contributed by atoms with Gasteiger partial charge in [-0.3, -0.25) is 14.5 Å². The largest absolute Gasteiger partial charge is 0.293 e. The average Bonchev–Trinajstić information content (AvgIpc) is 2.36. The van der Waals surface area contributed by atoms with Crippen LogP contribution in [-0.2, 0) is 14.8 Å². The number of nitrogens with one attached hydrogen (secondary N) is 1. The van der Waals surface area contributed by atoms with Gasteiger partial charge in [-0.1, -0.05) is 0 Å². The SMILES string of the molecule is CCS(=O)(=O)N(CC(=O)NN)c1ccc(F)cc1Br. The smallest absolute Gasteiger partial charge is 0.254 e. The van der Waals surface area contributed by atoms with Gasteiger partial charge in [-0.15, -0.1) is 0 Å². The number of halogens is 2. The van der Waals surface area contributed by atoms with Gasteiger partial charge in [0, 0.05) is 4.47 Å². The summed E-state index contributed by atoms with van der Waals surface area (Å²) in [7, 11) is -3.69. The number of hydrogen-bond acceptors (Lipinski definition) is 4. The number of rotatable bonds is 5. The predicted octanol–water partition coefficient (Wildman–Crippen LogP) is 0.734. The van der Waals surface area contributed by atoms with Gasteiger partial charge in [-0.25, -0.2) is 18.7 Å². The fourth-order valence-corrected chi connectivity index (χ4v) is 3.12. The van der Waals surface area contributed by atoms with E-state index < -0.39 is 28.3 Å². The zero-order chi connectivity index (χ0) is 14.6. The van der Waals surface area contributed by atoms with E-state index in [1.165, 1.54) is 13.0 Å². The summed E-state index contributed by atoms with van der Waals surface area (Å²) in [6.45, 7) is 0.969. The van der Waals surface area contributed by atoms with Crippen molar-refractivity contribution in [1.29, 1.82) is 0 Å². The third-order valence-corrected chi connectivity index (χ3v) is 4.69. The van der Waals surface area contributed by atoms with Crippen LogP contribution >= 0.6 is 15.9 Å². The molecule has 9 heteroatoms. The molecule has 6 nitrogen and oxygen atoms in total. The molecule has 0 aromatic heterocycles. The van der Waals surface area contributed by atoms with Crippen molar-refractivity contribution in [3.63, 3.8) is 0 Å². The Labute approximate surface area is 118 Å². The maximum absolute atomic E-state index is 13.0. The molecule has 19 heavy (non-hydrogen) atoms. The molecule has 1 amide bonds. The second-order valence-electron chi connectivity index (χ2n) is 3.57. The zero-order valence-corrected chi connectivity index (χ0v) is 12.5. The maximum Gasteiger partial charge on any atom is 0.254 e. The van der Waals surface area contributed by atoms with E-state index in [4.69, 9.17) is 5.84 Å². The molecule has 0 radical (unpaired) electrons. The molecule has 3 N–H and O–H groups in total. The minimum absolute atomic E-state index is 0.173. The Hall–Kier alpha value is -1.19. The molecule has 0 aliphatic heterocycles. The van der Waals surface area contributed by atoms with Crippen LogP contribution < -0.4 is 15.6 Å². The van der Waals surface area contributed by atoms with E-state index in [1.807, 2.05) is 5.43 Å². The van der Waals surface area contributed by atoms with E-state index in [0.717, 1.165) is 16.4 Å². The normalized spacial score (nSPS) is 11.2. The zero-order valence-electron chi connectivity index (χ0n) is 10.1. The minimum Gasteiger partial charge on any atom is -0.293 e. The fraction of sp³-hybridized carbons (Fsp3) is 0.300. The first kappa shape index (κ1) is 15.9. The van der Waals surface area contributed by atoms with Crippen molar-refractivity contribution in [2.75, 3.05) is 16.6 Å². The van der Waals surface area contributed by atoms with Gasteiger partial charge in [0.05, 0.1) is 11.4 Å². The summed E-state index contributed by atoms with van der Waals surface area (Å²) in [6, 6.07) is 3.50. The lowest BCUT2D eigenvalue weighted by atomic mass is 10.3. The number of anilines is 1. The molecular weight excluding hydrogens is 341 g/mol. The van der Waals surface area contributed by atoms with Crippen molar-refractivity contribution < 1.29 is 17.6 Å². The Kier molecular flexibility index (Phi) is 5.27. The summed E-state index contributed by atoms with van der Waals surface area (Å²) < 4.78 is 38.1. The molecule has 1 aromatic rings. The lowest BCUT2D eigenvalue weighted by Gasteiger charge is -2.23. The molecule has 0 unspecified atom stereocenters. The van der Waals surface area contributed by atoms with Gasteiger partial charge in [0.1, 0.15) is 12.4 Å². The van der Waals surface area contributed by atoms with Crippen LogP contribution in [0.1, 0.15) is 6.92 Å². The second-order valence-corrected chi connectivity index (χ2v) is 6.61. The molecule has 0 atom stereocenters. The quantitative estimate of drug-likeness (QED) is 0.463. The van der Waals surface area contributed by atoms with E-state index in [-0.39, 0.29) is 15.9 Å². The van der Waals surface area contributed by atoms with Crippen LogP contribution in [0, 0.1) is 5.82 Å². The highest BCUT2D eigenvalue weighted by atomic mass is 79.9. The van der Waals surface area contributed by atoms with Crippen LogP contribution in [0.4, 0.5) is 10.1 Å². The van der Waals surface area contributed by atoms with Gasteiger partial charge in [0.15, 0.2) is 0 Å². The van der Waals surface area contributed by atoms with Gasteiger partial charge >= 0.3 is 0 Å². The third-order valence-electron chi connectivity index (χ3n) is 2.33. The van der Waals surface area contributed by atoms with Crippen LogP contribution in [0.2, 0.25) is 0 Å². The van der Waals surface area contributed by atoms with Crippen LogP contribution in [0.3, 0.4) is 0 Å². The summed E-state index contributed by atoms with van der Waals surface area (Å²) in [5.74, 6) is 3.56. The topological polar surface area (TPSA) is 92.5 Å². The van der Waals surface area contributed by atoms with Crippen molar-refractivity contribution in [3.8, 4) is 0 Å². The molecular formula is C10H13BrFN3O3S. The van der Waals surface area contributed by atoms with Crippen LogP contribution in [0.15, 0.2) is 22.7 Å². The Morgan fingerprint density at radius 2 is 2.16 bits per heavy atom. The number of carbonyl (C=O) groups is 1. The average molecular weight is 354 g/mol. The van der Waals surface area contributed by atoms with E-state index >= 15 is 0 Å². The Morgan fingerprint density at radius 3 is 2.63 bits per heavy atom. The molecule has 0 saturated heterocycles. The van der Waals surface area contributed by atoms with Gasteiger partial charge in [-0.05, 0) is 41.1 Å². The van der Waals surface area contributed by atoms with Crippen LogP contribution in [-0.4, -0.2) is 26.6 Å². The lowest BCUT2D eigenvalue weighted by molar-refractivity contribution is -0.119. The highest BCUT2D eigenvalue weighted by Crippen LogP contribution is 2.29. The third kappa shape index (κ3) is 3.88. The standard InChI is InChI=1S/C10H13BrFN3O3S/c1-2-19(17,18)15(6-10(16)14-13)9-4-3-7(12)5-8(9)11/h3-5H,2,6,13H2,1H3,(H,14,16). The van der Waals surface area contributed by atoms with Crippen molar-refractivity contribution in [2.45, 2.75) is 6.92 Å². The molecule has 0 aliphatic carbocycles. The van der Waals surface area contributed by atoms with Crippen molar-refractivity contribution >= 4 is 37.5 Å².